The number of methoxy groups -OCH3 is 1. The number of hydrogen-bond donors (Lipinski definition) is 1. The summed E-state index contributed by atoms with van der Waals surface area (Å²) in [4.78, 5) is 20.6. The van der Waals surface area contributed by atoms with Crippen molar-refractivity contribution in [3.8, 4) is 0 Å². The number of rotatable bonds is 2. The minimum Gasteiger partial charge on any atom is -0.466 e. The molecular weight excluding hydrogens is 150 g/mol. The molecule has 0 saturated heterocycles. The lowest BCUT2D eigenvalue weighted by atomic mass is 10.3. The van der Waals surface area contributed by atoms with Crippen LogP contribution < -0.4 is 5.73 Å². The Morgan fingerprint density at radius 2 is 2.00 bits per heavy atom. The topological polar surface area (TPSA) is 78.6 Å². The van der Waals surface area contributed by atoms with Crippen LogP contribution in [0.5, 0.6) is 0 Å². The summed E-state index contributed by atoms with van der Waals surface area (Å²) in [6, 6.07) is 0. The fourth-order valence-corrected chi connectivity index (χ4v) is 0.356. The average Bonchev–Trinajstić information content (AvgIpc) is 1.98. The lowest BCUT2D eigenvalue weighted by Gasteiger charge is -1.96. The molecule has 0 aromatic carbocycles. The third kappa shape index (κ3) is 3.96. The summed E-state index contributed by atoms with van der Waals surface area (Å²) in [5.41, 5.74) is 4.80. The van der Waals surface area contributed by atoms with Crippen molar-refractivity contribution in [2.45, 2.75) is 6.92 Å². The molecule has 0 unspecified atom stereocenters. The fraction of sp³-hybridized carbons (Fsp3) is 0.333. The largest absolute Gasteiger partial charge is 0.466 e. The van der Waals surface area contributed by atoms with E-state index in [1.54, 1.807) is 0 Å². The Balaban J connectivity index is 4.00. The molecule has 2 N–H and O–H groups in total. The van der Waals surface area contributed by atoms with E-state index in [0.717, 1.165) is 6.26 Å². The Labute approximate surface area is 63.8 Å². The molecule has 0 aromatic heterocycles. The number of esters is 1. The fourth-order valence-electron chi connectivity index (χ4n) is 0.356. The van der Waals surface area contributed by atoms with E-state index < -0.39 is 12.1 Å². The van der Waals surface area contributed by atoms with Gasteiger partial charge in [0.25, 0.3) is 0 Å². The second-order valence-electron chi connectivity index (χ2n) is 1.73. The van der Waals surface area contributed by atoms with E-state index in [1.165, 1.54) is 14.0 Å². The SMILES string of the molecule is COC(=O)C(C)=COC(N)=O. The summed E-state index contributed by atoms with van der Waals surface area (Å²) < 4.78 is 8.51. The number of amides is 1. The van der Waals surface area contributed by atoms with Crippen molar-refractivity contribution in [2.75, 3.05) is 7.11 Å². The standard InChI is InChI=1S/C6H9NO4/c1-4(5(8)10-2)3-11-6(7)9/h3H,1-2H3,(H2,7,9). The van der Waals surface area contributed by atoms with Crippen molar-refractivity contribution < 1.29 is 19.1 Å². The summed E-state index contributed by atoms with van der Waals surface area (Å²) in [7, 11) is 1.23. The Morgan fingerprint density at radius 1 is 1.45 bits per heavy atom. The summed E-state index contributed by atoms with van der Waals surface area (Å²) in [5, 5.41) is 0. The minimum atomic E-state index is -0.965. The van der Waals surface area contributed by atoms with Crippen LogP contribution in [-0.4, -0.2) is 19.2 Å². The van der Waals surface area contributed by atoms with Gasteiger partial charge in [0.2, 0.25) is 0 Å². The second kappa shape index (κ2) is 4.32. The van der Waals surface area contributed by atoms with Gasteiger partial charge in [0.15, 0.2) is 0 Å². The predicted octanol–water partition coefficient (Wildman–Crippen LogP) is 0.159. The summed E-state index contributed by atoms with van der Waals surface area (Å²) in [6.45, 7) is 1.44. The van der Waals surface area contributed by atoms with Gasteiger partial charge in [-0.15, -0.1) is 0 Å². The molecule has 62 valence electrons. The molecule has 0 aliphatic heterocycles. The smallest absolute Gasteiger partial charge is 0.409 e. The zero-order valence-electron chi connectivity index (χ0n) is 6.29. The summed E-state index contributed by atoms with van der Waals surface area (Å²) >= 11 is 0. The molecule has 0 radical (unpaired) electrons. The molecule has 0 aromatic rings. The first-order valence-corrected chi connectivity index (χ1v) is 2.79. The van der Waals surface area contributed by atoms with Gasteiger partial charge < -0.3 is 15.2 Å². The van der Waals surface area contributed by atoms with Crippen LogP contribution in [0.4, 0.5) is 4.79 Å². The molecule has 0 rings (SSSR count). The van der Waals surface area contributed by atoms with Crippen LogP contribution in [0.25, 0.3) is 0 Å². The van der Waals surface area contributed by atoms with Crippen LogP contribution in [0.1, 0.15) is 6.92 Å². The minimum absolute atomic E-state index is 0.173. The van der Waals surface area contributed by atoms with Crippen molar-refractivity contribution in [2.24, 2.45) is 5.73 Å². The highest BCUT2D eigenvalue weighted by Gasteiger charge is 2.03. The molecule has 0 atom stereocenters. The Hall–Kier alpha value is -1.52. The van der Waals surface area contributed by atoms with Gasteiger partial charge in [0.05, 0.1) is 12.7 Å². The molecule has 5 nitrogen and oxygen atoms in total. The maximum atomic E-state index is 10.6. The molecule has 11 heavy (non-hydrogen) atoms. The Morgan fingerprint density at radius 3 is 2.36 bits per heavy atom. The molecule has 5 heteroatoms. The second-order valence-corrected chi connectivity index (χ2v) is 1.73. The summed E-state index contributed by atoms with van der Waals surface area (Å²) in [6.07, 6.45) is -0.0259. The predicted molar refractivity (Wildman–Crippen MR) is 36.4 cm³/mol. The molecular formula is C6H9NO4. The third-order valence-electron chi connectivity index (χ3n) is 0.859. The van der Waals surface area contributed by atoms with E-state index >= 15 is 0 Å². The van der Waals surface area contributed by atoms with Crippen LogP contribution in [0.3, 0.4) is 0 Å². The molecule has 0 heterocycles. The third-order valence-corrected chi connectivity index (χ3v) is 0.859. The molecule has 0 saturated carbocycles. The zero-order chi connectivity index (χ0) is 8.85. The van der Waals surface area contributed by atoms with E-state index in [-0.39, 0.29) is 5.57 Å². The van der Waals surface area contributed by atoms with Gasteiger partial charge in [-0.05, 0) is 6.92 Å². The normalized spacial score (nSPS) is 10.5. The molecule has 0 fully saturated rings. The highest BCUT2D eigenvalue weighted by molar-refractivity contribution is 5.87. The van der Waals surface area contributed by atoms with Gasteiger partial charge in [-0.25, -0.2) is 9.59 Å². The van der Waals surface area contributed by atoms with Gasteiger partial charge in [0, 0.05) is 0 Å². The van der Waals surface area contributed by atoms with E-state index in [9.17, 15) is 9.59 Å². The van der Waals surface area contributed by atoms with Crippen molar-refractivity contribution in [1.29, 1.82) is 0 Å². The Kier molecular flexibility index (Phi) is 3.72. The molecule has 0 bridgehead atoms. The maximum absolute atomic E-state index is 10.6. The zero-order valence-corrected chi connectivity index (χ0v) is 6.29. The lowest BCUT2D eigenvalue weighted by Crippen LogP contribution is -2.11. The van der Waals surface area contributed by atoms with Crippen molar-refractivity contribution >= 4 is 12.1 Å². The number of nitrogens with two attached hydrogens (primary N) is 1. The van der Waals surface area contributed by atoms with Crippen LogP contribution in [0.2, 0.25) is 0 Å². The highest BCUT2D eigenvalue weighted by Crippen LogP contribution is 1.95. The van der Waals surface area contributed by atoms with Gasteiger partial charge in [0.1, 0.15) is 6.26 Å². The number of ether oxygens (including phenoxy) is 2. The van der Waals surface area contributed by atoms with E-state index in [4.69, 9.17) is 0 Å². The van der Waals surface area contributed by atoms with Crippen LogP contribution in [-0.2, 0) is 14.3 Å². The van der Waals surface area contributed by atoms with E-state index in [0.29, 0.717) is 0 Å². The molecule has 1 amide bonds. The quantitative estimate of drug-likeness (QED) is 0.353. The van der Waals surface area contributed by atoms with Gasteiger partial charge in [-0.3, -0.25) is 0 Å². The number of hydrogen-bond acceptors (Lipinski definition) is 4. The maximum Gasteiger partial charge on any atom is 0.409 e. The first-order chi connectivity index (χ1) is 5.07. The summed E-state index contributed by atoms with van der Waals surface area (Å²) in [5.74, 6) is -0.564. The number of primary amides is 1. The van der Waals surface area contributed by atoms with Crippen molar-refractivity contribution in [3.05, 3.63) is 11.8 Å². The van der Waals surface area contributed by atoms with Gasteiger partial charge >= 0.3 is 12.1 Å². The average molecular weight is 159 g/mol. The van der Waals surface area contributed by atoms with E-state index in [2.05, 4.69) is 15.2 Å². The first kappa shape index (κ1) is 9.48. The van der Waals surface area contributed by atoms with Crippen molar-refractivity contribution in [1.82, 2.24) is 0 Å². The first-order valence-electron chi connectivity index (χ1n) is 2.79. The number of carbonyl (C=O) groups excluding carboxylic acids is 2. The van der Waals surface area contributed by atoms with Gasteiger partial charge in [-0.1, -0.05) is 0 Å². The highest BCUT2D eigenvalue weighted by atomic mass is 16.5. The molecule has 0 aliphatic carbocycles. The lowest BCUT2D eigenvalue weighted by molar-refractivity contribution is -0.136. The monoisotopic (exact) mass is 159 g/mol. The molecule has 0 aliphatic rings. The van der Waals surface area contributed by atoms with Crippen LogP contribution >= 0.6 is 0 Å². The van der Waals surface area contributed by atoms with E-state index in [1.807, 2.05) is 0 Å². The van der Waals surface area contributed by atoms with Crippen molar-refractivity contribution in [3.63, 3.8) is 0 Å². The Bertz CT molecular complexity index is 197. The number of carbonyl (C=O) groups is 2. The van der Waals surface area contributed by atoms with Crippen LogP contribution in [0, 0.1) is 0 Å². The molecule has 0 spiro atoms. The van der Waals surface area contributed by atoms with Gasteiger partial charge in [-0.2, -0.15) is 0 Å². The van der Waals surface area contributed by atoms with Crippen LogP contribution in [0.15, 0.2) is 11.8 Å².